The monoisotopic (exact) mass is 436 g/mol. The highest BCUT2D eigenvalue weighted by atomic mass is 32.2. The summed E-state index contributed by atoms with van der Waals surface area (Å²) in [4.78, 5) is 21.7. The summed E-state index contributed by atoms with van der Waals surface area (Å²) in [6.45, 7) is 6.07. The van der Waals surface area contributed by atoms with Gasteiger partial charge in [0.1, 0.15) is 42.8 Å². The van der Waals surface area contributed by atoms with Gasteiger partial charge in [-0.05, 0) is 0 Å². The molecule has 0 aliphatic rings. The van der Waals surface area contributed by atoms with E-state index < -0.39 is 27.0 Å². The van der Waals surface area contributed by atoms with Crippen molar-refractivity contribution in [1.82, 2.24) is 0 Å². The molecule has 0 saturated heterocycles. The fraction of sp³-hybridized carbons (Fsp3) is 0.200. The van der Waals surface area contributed by atoms with Crippen LogP contribution in [0, 0.1) is 0 Å². The van der Waals surface area contributed by atoms with Crippen molar-refractivity contribution < 1.29 is 41.5 Å². The van der Waals surface area contributed by atoms with E-state index in [1.165, 1.54) is 0 Å². The Kier molecular flexibility index (Phi) is 7.96. The minimum Gasteiger partial charge on any atom is -0.489 e. The molecule has 0 fully saturated rings. The summed E-state index contributed by atoms with van der Waals surface area (Å²) in [6, 6.07) is 7.71. The number of carbonyl (C=O) groups excluding carboxylic acids is 2. The zero-order chi connectivity index (χ0) is 22.1. The lowest BCUT2D eigenvalue weighted by Gasteiger charge is -2.16. The van der Waals surface area contributed by atoms with Gasteiger partial charge in [-0.15, -0.1) is 0 Å². The van der Waals surface area contributed by atoms with Gasteiger partial charge in [-0.1, -0.05) is 37.4 Å². The van der Waals surface area contributed by atoms with Crippen LogP contribution in [-0.2, 0) is 29.2 Å². The first-order valence-corrected chi connectivity index (χ1v) is 10.1. The zero-order valence-electron chi connectivity index (χ0n) is 15.9. The van der Waals surface area contributed by atoms with E-state index in [1.54, 1.807) is 24.3 Å². The van der Waals surface area contributed by atoms with Crippen LogP contribution >= 0.6 is 0 Å². The fourth-order valence-corrected chi connectivity index (χ4v) is 3.11. The van der Waals surface area contributed by atoms with Crippen molar-refractivity contribution in [2.45, 2.75) is 4.90 Å². The van der Waals surface area contributed by atoms with Gasteiger partial charge in [-0.25, -0.2) is 9.59 Å². The van der Waals surface area contributed by atoms with Crippen LogP contribution in [0.3, 0.4) is 0 Å². The molecule has 9 nitrogen and oxygen atoms in total. The van der Waals surface area contributed by atoms with Crippen LogP contribution < -0.4 is 9.47 Å². The second-order valence-corrected chi connectivity index (χ2v) is 7.05. The molecule has 0 radical (unpaired) electrons. The van der Waals surface area contributed by atoms with E-state index >= 15 is 0 Å². The summed E-state index contributed by atoms with van der Waals surface area (Å²) in [7, 11) is -4.68. The lowest BCUT2D eigenvalue weighted by Crippen LogP contribution is -2.13. The average Bonchev–Trinajstić information content (AvgIpc) is 2.73. The minimum absolute atomic E-state index is 0.0633. The molecular weight excluding hydrogens is 416 g/mol. The minimum atomic E-state index is -4.68. The predicted octanol–water partition coefficient (Wildman–Crippen LogP) is 2.30. The molecule has 0 saturated carbocycles. The first-order chi connectivity index (χ1) is 14.3. The largest absolute Gasteiger partial charge is 0.489 e. The van der Waals surface area contributed by atoms with E-state index in [2.05, 4.69) is 13.2 Å². The van der Waals surface area contributed by atoms with Crippen LogP contribution in [-0.4, -0.2) is 51.3 Å². The molecule has 2 rings (SSSR count). The Balaban J connectivity index is 2.34. The van der Waals surface area contributed by atoms with Crippen LogP contribution in [0.25, 0.3) is 10.8 Å². The third-order valence-corrected chi connectivity index (χ3v) is 4.55. The van der Waals surface area contributed by atoms with Crippen molar-refractivity contribution >= 4 is 32.8 Å². The number of hydrogen-bond acceptors (Lipinski definition) is 8. The molecule has 1 N–H and O–H groups in total. The number of hydrogen-bond donors (Lipinski definition) is 1. The molecule has 0 atom stereocenters. The van der Waals surface area contributed by atoms with E-state index in [-0.39, 0.29) is 37.9 Å². The van der Waals surface area contributed by atoms with E-state index in [1.807, 2.05) is 0 Å². The van der Waals surface area contributed by atoms with Gasteiger partial charge in [0, 0.05) is 29.0 Å². The second-order valence-electron chi connectivity index (χ2n) is 5.66. The third-order valence-electron chi connectivity index (χ3n) is 3.69. The highest BCUT2D eigenvalue weighted by Gasteiger charge is 2.23. The molecule has 0 aromatic heterocycles. The Bertz CT molecular complexity index is 1060. The maximum absolute atomic E-state index is 11.9. The van der Waals surface area contributed by atoms with Crippen molar-refractivity contribution in [3.63, 3.8) is 0 Å². The predicted molar refractivity (Wildman–Crippen MR) is 107 cm³/mol. The van der Waals surface area contributed by atoms with Crippen LogP contribution in [0.2, 0.25) is 0 Å². The smallest absolute Gasteiger partial charge is 0.330 e. The van der Waals surface area contributed by atoms with Crippen LogP contribution in [0.15, 0.2) is 60.5 Å². The van der Waals surface area contributed by atoms with Crippen molar-refractivity contribution in [3.05, 3.63) is 55.6 Å². The lowest BCUT2D eigenvalue weighted by molar-refractivity contribution is -0.139. The maximum atomic E-state index is 11.9. The van der Waals surface area contributed by atoms with E-state index in [0.717, 1.165) is 18.2 Å². The molecule has 0 aliphatic heterocycles. The average molecular weight is 436 g/mol. The Morgan fingerprint density at radius 2 is 1.43 bits per heavy atom. The maximum Gasteiger partial charge on any atom is 0.330 e. The van der Waals surface area contributed by atoms with Crippen molar-refractivity contribution in [1.29, 1.82) is 0 Å². The fourth-order valence-electron chi connectivity index (χ4n) is 2.45. The zero-order valence-corrected chi connectivity index (χ0v) is 16.7. The molecule has 160 valence electrons. The Morgan fingerprint density at radius 3 is 1.97 bits per heavy atom. The lowest BCUT2D eigenvalue weighted by atomic mass is 10.1. The number of rotatable bonds is 11. The molecule has 0 spiro atoms. The summed E-state index contributed by atoms with van der Waals surface area (Å²) in [5.74, 6) is -1.26. The van der Waals surface area contributed by atoms with Crippen LogP contribution in [0.1, 0.15) is 0 Å². The summed E-state index contributed by atoms with van der Waals surface area (Å²) in [5, 5.41) is 0.846. The van der Waals surface area contributed by atoms with Gasteiger partial charge >= 0.3 is 11.9 Å². The number of fused-ring (bicyclic) bond motifs is 1. The van der Waals surface area contributed by atoms with Crippen molar-refractivity contribution in [3.8, 4) is 11.5 Å². The third kappa shape index (κ3) is 6.06. The summed E-state index contributed by atoms with van der Waals surface area (Å²) < 4.78 is 54.2. The van der Waals surface area contributed by atoms with E-state index in [4.69, 9.17) is 18.9 Å². The van der Waals surface area contributed by atoms with E-state index in [9.17, 15) is 22.6 Å². The Morgan fingerprint density at radius 1 is 0.900 bits per heavy atom. The molecule has 0 heterocycles. The van der Waals surface area contributed by atoms with Crippen LogP contribution in [0.5, 0.6) is 11.5 Å². The highest BCUT2D eigenvalue weighted by molar-refractivity contribution is 7.86. The Labute approximate surface area is 173 Å². The number of carbonyl (C=O) groups is 2. The van der Waals surface area contributed by atoms with E-state index in [0.29, 0.717) is 10.8 Å². The van der Waals surface area contributed by atoms with Gasteiger partial charge in [0.2, 0.25) is 0 Å². The molecule has 0 amide bonds. The molecule has 2 aromatic carbocycles. The number of ether oxygens (including phenoxy) is 4. The summed E-state index contributed by atoms with van der Waals surface area (Å²) in [6.07, 6.45) is 1.99. The second kappa shape index (κ2) is 10.4. The normalized spacial score (nSPS) is 10.8. The Hall–Kier alpha value is -3.37. The van der Waals surface area contributed by atoms with Gasteiger partial charge in [-0.3, -0.25) is 4.55 Å². The quantitative estimate of drug-likeness (QED) is 0.244. The standard InChI is InChI=1S/C20H20O9S/c1-3-18(21)27-10-9-26-16-13-17(30(23,24)25)20(15-8-6-5-7-14(15)16)29-12-11-28-19(22)4-2/h3-8,13H,1-2,9-12H2,(H,23,24,25). The first-order valence-electron chi connectivity index (χ1n) is 8.65. The summed E-state index contributed by atoms with van der Waals surface area (Å²) in [5.41, 5.74) is 0. The number of esters is 2. The van der Waals surface area contributed by atoms with Gasteiger partial charge in [-0.2, -0.15) is 8.42 Å². The first kappa shape index (κ1) is 22.9. The molecular formula is C20H20O9S. The molecule has 30 heavy (non-hydrogen) atoms. The summed E-state index contributed by atoms with van der Waals surface area (Å²) >= 11 is 0. The van der Waals surface area contributed by atoms with Crippen molar-refractivity contribution in [2.24, 2.45) is 0 Å². The van der Waals surface area contributed by atoms with Crippen molar-refractivity contribution in [2.75, 3.05) is 26.4 Å². The molecule has 0 aliphatic carbocycles. The van der Waals surface area contributed by atoms with Gasteiger partial charge in [0.15, 0.2) is 0 Å². The highest BCUT2D eigenvalue weighted by Crippen LogP contribution is 2.39. The van der Waals surface area contributed by atoms with Crippen LogP contribution in [0.4, 0.5) is 0 Å². The SMILES string of the molecule is C=CC(=O)OCCOc1cc(S(=O)(=O)O)c(OCCOC(=O)C=C)c2ccccc12. The molecule has 0 bridgehead atoms. The molecule has 10 heteroatoms. The molecule has 2 aromatic rings. The molecule has 0 unspecified atom stereocenters. The van der Waals surface area contributed by atoms with Gasteiger partial charge in [0.05, 0.1) is 0 Å². The van der Waals surface area contributed by atoms with Gasteiger partial charge in [0.25, 0.3) is 10.1 Å². The number of benzene rings is 2. The van der Waals surface area contributed by atoms with Gasteiger partial charge < -0.3 is 18.9 Å². The topological polar surface area (TPSA) is 125 Å².